The molecule has 1 rings (SSSR count). The van der Waals surface area contributed by atoms with Crippen LogP contribution >= 0.6 is 15.9 Å². The molecule has 0 amide bonds. The number of aromatic amines is 1. The number of nitrogens with one attached hydrogen (secondary N) is 2. The Labute approximate surface area is 94.0 Å². The van der Waals surface area contributed by atoms with Gasteiger partial charge < -0.3 is 15.2 Å². The molecule has 2 N–H and O–H groups in total. The normalized spacial score (nSPS) is 11.1. The van der Waals surface area contributed by atoms with Crippen LogP contribution < -0.4 is 5.32 Å². The summed E-state index contributed by atoms with van der Waals surface area (Å²) in [6.07, 6.45) is 3.14. The van der Waals surface area contributed by atoms with Crippen molar-refractivity contribution in [3.8, 4) is 0 Å². The van der Waals surface area contributed by atoms with Gasteiger partial charge in [0.05, 0.1) is 0 Å². The van der Waals surface area contributed by atoms with Crippen LogP contribution in [0.15, 0.2) is 16.7 Å². The van der Waals surface area contributed by atoms with E-state index in [4.69, 9.17) is 0 Å². The van der Waals surface area contributed by atoms with E-state index in [1.807, 2.05) is 6.20 Å². The van der Waals surface area contributed by atoms with Gasteiger partial charge in [0.2, 0.25) is 0 Å². The van der Waals surface area contributed by atoms with Crippen molar-refractivity contribution in [2.45, 2.75) is 13.0 Å². The largest absolute Gasteiger partial charge is 0.363 e. The quantitative estimate of drug-likeness (QED) is 0.764. The molecule has 0 unspecified atom stereocenters. The highest BCUT2D eigenvalue weighted by atomic mass is 79.9. The Morgan fingerprint density at radius 1 is 1.50 bits per heavy atom. The van der Waals surface area contributed by atoms with Crippen molar-refractivity contribution in [2.75, 3.05) is 27.2 Å². The first-order chi connectivity index (χ1) is 6.68. The summed E-state index contributed by atoms with van der Waals surface area (Å²) in [6.45, 7) is 3.12. The second-order valence-electron chi connectivity index (χ2n) is 3.68. The van der Waals surface area contributed by atoms with Crippen molar-refractivity contribution in [2.24, 2.45) is 0 Å². The van der Waals surface area contributed by atoms with Crippen LogP contribution in [0.2, 0.25) is 0 Å². The fraction of sp³-hybridized carbons (Fsp3) is 0.600. The third-order valence-corrected chi connectivity index (χ3v) is 2.44. The van der Waals surface area contributed by atoms with Gasteiger partial charge in [0.15, 0.2) is 0 Å². The van der Waals surface area contributed by atoms with Crippen molar-refractivity contribution >= 4 is 15.9 Å². The molecule has 80 valence electrons. The maximum Gasteiger partial charge on any atom is 0.0357 e. The lowest BCUT2D eigenvalue weighted by Gasteiger charge is -2.09. The average molecular weight is 260 g/mol. The van der Waals surface area contributed by atoms with Gasteiger partial charge in [-0.1, -0.05) is 0 Å². The fourth-order valence-electron chi connectivity index (χ4n) is 1.26. The molecule has 0 aliphatic rings. The summed E-state index contributed by atoms with van der Waals surface area (Å²) in [4.78, 5) is 5.39. The highest BCUT2D eigenvalue weighted by Gasteiger charge is 1.95. The minimum absolute atomic E-state index is 0.916. The van der Waals surface area contributed by atoms with Gasteiger partial charge in [0.1, 0.15) is 0 Å². The molecular weight excluding hydrogens is 242 g/mol. The zero-order valence-corrected chi connectivity index (χ0v) is 10.4. The van der Waals surface area contributed by atoms with Gasteiger partial charge in [0, 0.05) is 22.9 Å². The standard InChI is InChI=1S/C10H18BrN3/c1-14(2)5-3-4-12-8-10-6-9(11)7-13-10/h6-7,12-13H,3-5,8H2,1-2H3. The van der Waals surface area contributed by atoms with Crippen LogP contribution in [0.25, 0.3) is 0 Å². The Hall–Kier alpha value is -0.320. The number of rotatable bonds is 6. The van der Waals surface area contributed by atoms with Crippen molar-refractivity contribution in [1.29, 1.82) is 0 Å². The maximum atomic E-state index is 3.41. The Balaban J connectivity index is 2.04. The third kappa shape index (κ3) is 4.79. The molecule has 0 spiro atoms. The van der Waals surface area contributed by atoms with Gasteiger partial charge in [-0.3, -0.25) is 0 Å². The maximum absolute atomic E-state index is 3.41. The average Bonchev–Trinajstić information content (AvgIpc) is 2.50. The van der Waals surface area contributed by atoms with Crippen molar-refractivity contribution in [3.05, 3.63) is 22.4 Å². The molecule has 0 bridgehead atoms. The molecule has 14 heavy (non-hydrogen) atoms. The summed E-state index contributed by atoms with van der Waals surface area (Å²) in [5.41, 5.74) is 1.22. The first-order valence-electron chi connectivity index (χ1n) is 4.86. The topological polar surface area (TPSA) is 31.1 Å². The first kappa shape index (κ1) is 11.8. The molecule has 0 aliphatic carbocycles. The lowest BCUT2D eigenvalue weighted by atomic mass is 10.4. The molecular formula is C10H18BrN3. The van der Waals surface area contributed by atoms with E-state index in [1.165, 1.54) is 12.1 Å². The fourth-order valence-corrected chi connectivity index (χ4v) is 1.65. The number of aromatic nitrogens is 1. The Bertz CT molecular complexity index is 258. The summed E-state index contributed by atoms with van der Waals surface area (Å²) in [5.74, 6) is 0. The van der Waals surface area contributed by atoms with Gasteiger partial charge >= 0.3 is 0 Å². The summed E-state index contributed by atoms with van der Waals surface area (Å²) in [5, 5.41) is 3.39. The van der Waals surface area contributed by atoms with Gasteiger partial charge in [-0.2, -0.15) is 0 Å². The number of hydrogen-bond donors (Lipinski definition) is 2. The zero-order chi connectivity index (χ0) is 10.4. The zero-order valence-electron chi connectivity index (χ0n) is 8.81. The molecule has 0 aliphatic heterocycles. The molecule has 0 saturated heterocycles. The first-order valence-corrected chi connectivity index (χ1v) is 5.66. The molecule has 0 fully saturated rings. The van der Waals surface area contributed by atoms with E-state index < -0.39 is 0 Å². The van der Waals surface area contributed by atoms with E-state index in [0.29, 0.717) is 0 Å². The van der Waals surface area contributed by atoms with Crippen LogP contribution in [0.5, 0.6) is 0 Å². The molecule has 3 nitrogen and oxygen atoms in total. The SMILES string of the molecule is CN(C)CCCNCc1cc(Br)c[nH]1. The highest BCUT2D eigenvalue weighted by Crippen LogP contribution is 2.09. The molecule has 0 atom stereocenters. The van der Waals surface area contributed by atoms with E-state index >= 15 is 0 Å². The van der Waals surface area contributed by atoms with Crippen molar-refractivity contribution < 1.29 is 0 Å². The van der Waals surface area contributed by atoms with E-state index in [-0.39, 0.29) is 0 Å². The molecule has 0 aromatic carbocycles. The summed E-state index contributed by atoms with van der Waals surface area (Å²) in [6, 6.07) is 2.10. The molecule has 0 saturated carbocycles. The summed E-state index contributed by atoms with van der Waals surface area (Å²) in [7, 11) is 4.20. The number of nitrogens with zero attached hydrogens (tertiary/aromatic N) is 1. The second-order valence-corrected chi connectivity index (χ2v) is 4.59. The number of halogens is 1. The molecule has 4 heteroatoms. The Morgan fingerprint density at radius 3 is 2.86 bits per heavy atom. The van der Waals surface area contributed by atoms with Crippen molar-refractivity contribution in [1.82, 2.24) is 15.2 Å². The predicted octanol–water partition coefficient (Wildman–Crippen LogP) is 1.82. The van der Waals surface area contributed by atoms with Crippen LogP contribution in [0.3, 0.4) is 0 Å². The van der Waals surface area contributed by atoms with E-state index in [9.17, 15) is 0 Å². The third-order valence-electron chi connectivity index (χ3n) is 1.98. The Kier molecular flexibility index (Phi) is 5.22. The van der Waals surface area contributed by atoms with Crippen molar-refractivity contribution in [3.63, 3.8) is 0 Å². The van der Waals surface area contributed by atoms with E-state index in [2.05, 4.69) is 51.3 Å². The van der Waals surface area contributed by atoms with Crippen LogP contribution in [-0.4, -0.2) is 37.1 Å². The predicted molar refractivity (Wildman–Crippen MR) is 63.4 cm³/mol. The van der Waals surface area contributed by atoms with Gasteiger partial charge in [0.25, 0.3) is 0 Å². The highest BCUT2D eigenvalue weighted by molar-refractivity contribution is 9.10. The Morgan fingerprint density at radius 2 is 2.29 bits per heavy atom. The summed E-state index contributed by atoms with van der Waals surface area (Å²) >= 11 is 3.41. The van der Waals surface area contributed by atoms with Crippen LogP contribution in [0, 0.1) is 0 Å². The smallest absolute Gasteiger partial charge is 0.0357 e. The monoisotopic (exact) mass is 259 g/mol. The van der Waals surface area contributed by atoms with Gasteiger partial charge in [-0.05, 0) is 55.6 Å². The molecule has 1 heterocycles. The molecule has 1 aromatic heterocycles. The lowest BCUT2D eigenvalue weighted by Crippen LogP contribution is -2.21. The molecule has 1 aromatic rings. The van der Waals surface area contributed by atoms with Crippen LogP contribution in [0.1, 0.15) is 12.1 Å². The van der Waals surface area contributed by atoms with Gasteiger partial charge in [-0.15, -0.1) is 0 Å². The second kappa shape index (κ2) is 6.22. The summed E-state index contributed by atoms with van der Waals surface area (Å²) < 4.78 is 1.11. The minimum Gasteiger partial charge on any atom is -0.363 e. The van der Waals surface area contributed by atoms with E-state index in [1.54, 1.807) is 0 Å². The minimum atomic E-state index is 0.916. The van der Waals surface area contributed by atoms with E-state index in [0.717, 1.165) is 24.1 Å². The van der Waals surface area contributed by atoms with Crippen LogP contribution in [0.4, 0.5) is 0 Å². The van der Waals surface area contributed by atoms with Crippen LogP contribution in [-0.2, 0) is 6.54 Å². The lowest BCUT2D eigenvalue weighted by molar-refractivity contribution is 0.394. The number of hydrogen-bond acceptors (Lipinski definition) is 2. The number of H-pyrrole nitrogens is 1. The molecule has 0 radical (unpaired) electrons. The van der Waals surface area contributed by atoms with Gasteiger partial charge in [-0.25, -0.2) is 0 Å².